The maximum Gasteiger partial charge on any atom is 0.266 e. The first-order valence-electron chi connectivity index (χ1n) is 7.72. The van der Waals surface area contributed by atoms with Crippen molar-refractivity contribution in [3.63, 3.8) is 0 Å². The molecule has 0 aliphatic rings. The highest BCUT2D eigenvalue weighted by molar-refractivity contribution is 5.77. The smallest absolute Gasteiger partial charge is 0.266 e. The van der Waals surface area contributed by atoms with Gasteiger partial charge in [-0.25, -0.2) is 19.0 Å². The third kappa shape index (κ3) is 2.71. The molecule has 0 unspecified atom stereocenters. The molecule has 0 saturated heterocycles. The summed E-state index contributed by atoms with van der Waals surface area (Å²) in [5.41, 5.74) is 0.773. The van der Waals surface area contributed by atoms with Gasteiger partial charge < -0.3 is 0 Å². The topological polar surface area (TPSA) is 89.4 Å². The van der Waals surface area contributed by atoms with Gasteiger partial charge in [-0.05, 0) is 36.4 Å². The number of hydrogen-bond acceptors (Lipinski definition) is 5. The van der Waals surface area contributed by atoms with Crippen molar-refractivity contribution in [2.45, 2.75) is 6.54 Å². The zero-order valence-electron chi connectivity index (χ0n) is 13.4. The Kier molecular flexibility index (Phi) is 3.74. The summed E-state index contributed by atoms with van der Waals surface area (Å²) in [5, 5.41) is 13.3. The highest BCUT2D eigenvalue weighted by Gasteiger charge is 2.14. The van der Waals surface area contributed by atoms with E-state index in [9.17, 15) is 9.18 Å². The zero-order valence-corrected chi connectivity index (χ0v) is 13.4. The number of rotatable bonds is 3. The Labute approximate surface area is 146 Å². The number of halogens is 1. The third-order valence-electron chi connectivity index (χ3n) is 3.87. The average Bonchev–Trinajstić information content (AvgIpc) is 3.11. The number of hydrogen-bond donors (Lipinski definition) is 0. The van der Waals surface area contributed by atoms with Gasteiger partial charge in [0.1, 0.15) is 30.6 Å². The highest BCUT2D eigenvalue weighted by atomic mass is 19.1. The van der Waals surface area contributed by atoms with Crippen LogP contribution in [0.3, 0.4) is 0 Å². The Morgan fingerprint density at radius 1 is 1.12 bits per heavy atom. The van der Waals surface area contributed by atoms with Crippen molar-refractivity contribution in [3.8, 4) is 11.8 Å². The maximum absolute atomic E-state index is 13.3. The number of nitrogens with zero attached hydrogens (tertiary/aromatic N) is 6. The molecule has 0 bridgehead atoms. The quantitative estimate of drug-likeness (QED) is 0.566. The second-order valence-electron chi connectivity index (χ2n) is 5.54. The van der Waals surface area contributed by atoms with Crippen LogP contribution in [0.4, 0.5) is 4.39 Å². The van der Waals surface area contributed by atoms with Gasteiger partial charge in [0.2, 0.25) is 0 Å². The van der Waals surface area contributed by atoms with Gasteiger partial charge in [-0.2, -0.15) is 5.26 Å². The van der Waals surface area contributed by atoms with E-state index in [1.165, 1.54) is 39.8 Å². The molecule has 126 valence electrons. The minimum absolute atomic E-state index is 0.0291. The summed E-state index contributed by atoms with van der Waals surface area (Å²) in [6.07, 6.45) is 1.40. The molecule has 2 aromatic carbocycles. The lowest BCUT2D eigenvalue weighted by molar-refractivity contribution is 0.622. The maximum atomic E-state index is 13.3. The lowest BCUT2D eigenvalue weighted by Gasteiger charge is -2.13. The van der Waals surface area contributed by atoms with E-state index in [1.807, 2.05) is 6.07 Å². The molecule has 0 aliphatic heterocycles. The molecule has 26 heavy (non-hydrogen) atoms. The van der Waals surface area contributed by atoms with Crippen LogP contribution in [0.15, 0.2) is 59.7 Å². The molecular formula is C18H11FN6O. The summed E-state index contributed by atoms with van der Waals surface area (Å²) in [5.74, 6) is 0.0307. The van der Waals surface area contributed by atoms with Gasteiger partial charge in [0.25, 0.3) is 11.4 Å². The number of fused-ring (bicyclic) bond motifs is 1. The van der Waals surface area contributed by atoms with Gasteiger partial charge in [-0.1, -0.05) is 12.1 Å². The van der Waals surface area contributed by atoms with Crippen molar-refractivity contribution in [2.24, 2.45) is 0 Å². The molecule has 7 nitrogen and oxygen atoms in total. The molecule has 4 rings (SSSR count). The fraction of sp³-hybridized carbons (Fsp3) is 0.0556. The molecule has 0 aliphatic carbocycles. The van der Waals surface area contributed by atoms with E-state index < -0.39 is 5.82 Å². The van der Waals surface area contributed by atoms with Gasteiger partial charge in [-0.15, -0.1) is 5.10 Å². The number of para-hydroxylation sites is 1. The normalized spacial score (nSPS) is 10.8. The van der Waals surface area contributed by atoms with Crippen LogP contribution in [-0.2, 0) is 6.54 Å². The van der Waals surface area contributed by atoms with Crippen LogP contribution in [-0.4, -0.2) is 24.3 Å². The van der Waals surface area contributed by atoms with E-state index in [0.29, 0.717) is 22.4 Å². The minimum Gasteiger partial charge on any atom is -0.268 e. The standard InChI is InChI=1S/C18H11FN6O/c19-12-5-7-13(8-6-12)25-17(10-24-11-21-16(9-20)23-24)22-15-4-2-1-3-14(15)18(25)26/h1-8,11H,10H2. The molecule has 0 fully saturated rings. The average molecular weight is 346 g/mol. The van der Waals surface area contributed by atoms with Crippen LogP contribution in [0.2, 0.25) is 0 Å². The molecule has 0 radical (unpaired) electrons. The fourth-order valence-corrected chi connectivity index (χ4v) is 2.71. The first-order valence-corrected chi connectivity index (χ1v) is 7.72. The highest BCUT2D eigenvalue weighted by Crippen LogP contribution is 2.14. The minimum atomic E-state index is -0.396. The fourth-order valence-electron chi connectivity index (χ4n) is 2.71. The second kappa shape index (κ2) is 6.22. The van der Waals surface area contributed by atoms with Crippen LogP contribution in [0.5, 0.6) is 0 Å². The van der Waals surface area contributed by atoms with E-state index in [4.69, 9.17) is 5.26 Å². The Bertz CT molecular complexity index is 1200. The monoisotopic (exact) mass is 346 g/mol. The van der Waals surface area contributed by atoms with Gasteiger partial charge in [0.15, 0.2) is 0 Å². The van der Waals surface area contributed by atoms with Crippen molar-refractivity contribution < 1.29 is 4.39 Å². The summed E-state index contributed by atoms with van der Waals surface area (Å²) in [7, 11) is 0. The Hall–Kier alpha value is -3.86. The van der Waals surface area contributed by atoms with Crippen LogP contribution >= 0.6 is 0 Å². The summed E-state index contributed by atoms with van der Waals surface area (Å²) in [4.78, 5) is 21.4. The number of aromatic nitrogens is 5. The lowest BCUT2D eigenvalue weighted by atomic mass is 10.2. The molecule has 8 heteroatoms. The van der Waals surface area contributed by atoms with Crippen molar-refractivity contribution in [1.29, 1.82) is 5.26 Å². The lowest BCUT2D eigenvalue weighted by Crippen LogP contribution is -2.25. The van der Waals surface area contributed by atoms with Crippen LogP contribution < -0.4 is 5.56 Å². The summed E-state index contributed by atoms with van der Waals surface area (Å²) < 4.78 is 16.1. The summed E-state index contributed by atoms with van der Waals surface area (Å²) >= 11 is 0. The number of nitriles is 1. The molecule has 4 aromatic rings. The van der Waals surface area contributed by atoms with Crippen molar-refractivity contribution in [2.75, 3.05) is 0 Å². The third-order valence-corrected chi connectivity index (χ3v) is 3.87. The van der Waals surface area contributed by atoms with Crippen LogP contribution in [0, 0.1) is 17.1 Å². The Morgan fingerprint density at radius 3 is 2.62 bits per heavy atom. The van der Waals surface area contributed by atoms with Crippen LogP contribution in [0.1, 0.15) is 11.6 Å². The first-order chi connectivity index (χ1) is 12.7. The summed E-state index contributed by atoms with van der Waals surface area (Å²) in [6.45, 7) is 0.131. The van der Waals surface area contributed by atoms with Gasteiger partial charge in [-0.3, -0.25) is 9.36 Å². The van der Waals surface area contributed by atoms with Crippen molar-refractivity contribution in [1.82, 2.24) is 24.3 Å². The van der Waals surface area contributed by atoms with Gasteiger partial charge >= 0.3 is 0 Å². The zero-order chi connectivity index (χ0) is 18.1. The molecule has 0 atom stereocenters. The van der Waals surface area contributed by atoms with E-state index in [-0.39, 0.29) is 17.9 Å². The number of benzene rings is 2. The van der Waals surface area contributed by atoms with Crippen molar-refractivity contribution >= 4 is 10.9 Å². The van der Waals surface area contributed by atoms with E-state index in [2.05, 4.69) is 15.1 Å². The molecule has 2 heterocycles. The van der Waals surface area contributed by atoms with Crippen molar-refractivity contribution in [3.05, 3.63) is 82.7 Å². The second-order valence-corrected chi connectivity index (χ2v) is 5.54. The van der Waals surface area contributed by atoms with Crippen LogP contribution in [0.25, 0.3) is 16.6 Å². The predicted octanol–water partition coefficient (Wildman–Crippen LogP) is 2.04. The van der Waals surface area contributed by atoms with E-state index in [1.54, 1.807) is 24.3 Å². The molecule has 2 aromatic heterocycles. The Balaban J connectivity index is 1.94. The molecule has 0 spiro atoms. The summed E-state index contributed by atoms with van der Waals surface area (Å²) in [6, 6.07) is 14.4. The molecule has 0 saturated carbocycles. The Morgan fingerprint density at radius 2 is 1.88 bits per heavy atom. The molecule has 0 N–H and O–H groups in total. The van der Waals surface area contributed by atoms with Gasteiger partial charge in [0, 0.05) is 0 Å². The predicted molar refractivity (Wildman–Crippen MR) is 91.1 cm³/mol. The largest absolute Gasteiger partial charge is 0.268 e. The van der Waals surface area contributed by atoms with E-state index >= 15 is 0 Å². The van der Waals surface area contributed by atoms with Gasteiger partial charge in [0.05, 0.1) is 16.6 Å². The first kappa shape index (κ1) is 15.7. The molecular weight excluding hydrogens is 335 g/mol. The SMILES string of the molecule is N#Cc1ncn(Cc2nc3ccccc3c(=O)n2-c2ccc(F)cc2)n1. The molecule has 0 amide bonds. The van der Waals surface area contributed by atoms with E-state index in [0.717, 1.165) is 0 Å².